The van der Waals surface area contributed by atoms with E-state index in [0.717, 1.165) is 70.8 Å². The van der Waals surface area contributed by atoms with E-state index in [1.807, 2.05) is 29.2 Å². The first kappa shape index (κ1) is 20.5. The monoisotopic (exact) mass is 400 g/mol. The van der Waals surface area contributed by atoms with Gasteiger partial charge < -0.3 is 19.1 Å². The van der Waals surface area contributed by atoms with Crippen molar-refractivity contribution in [2.75, 3.05) is 52.5 Å². The van der Waals surface area contributed by atoms with Gasteiger partial charge in [0.05, 0.1) is 25.4 Å². The summed E-state index contributed by atoms with van der Waals surface area (Å²) < 4.78 is 17.9. The highest BCUT2D eigenvalue weighted by Gasteiger charge is 2.47. The Morgan fingerprint density at radius 2 is 1.97 bits per heavy atom. The van der Waals surface area contributed by atoms with Gasteiger partial charge in [-0.3, -0.25) is 9.69 Å². The van der Waals surface area contributed by atoms with Gasteiger partial charge in [-0.25, -0.2) is 0 Å². The van der Waals surface area contributed by atoms with E-state index in [1.54, 1.807) is 6.08 Å². The van der Waals surface area contributed by atoms with Gasteiger partial charge in [0.25, 0.3) is 0 Å². The third-order valence-corrected chi connectivity index (χ3v) is 6.25. The molecular weight excluding hydrogens is 368 g/mol. The van der Waals surface area contributed by atoms with E-state index in [1.165, 1.54) is 0 Å². The number of ether oxygens (including phenoxy) is 3. The standard InChI is InChI=1S/C23H32N2O4/c26-22(8-4-11-24-13-16-27-17-14-24)25-12-10-23(9-5-15-29-23)21(18-25)28-19-20-6-2-1-3-7-20/h1-4,6-8,21H,5,9-19H2/b8-4+/t21-,23-/m0/s1. The molecule has 0 bridgehead atoms. The minimum Gasteiger partial charge on any atom is -0.379 e. The Morgan fingerprint density at radius 1 is 1.14 bits per heavy atom. The maximum Gasteiger partial charge on any atom is 0.246 e. The largest absolute Gasteiger partial charge is 0.379 e. The van der Waals surface area contributed by atoms with Crippen LogP contribution < -0.4 is 0 Å². The van der Waals surface area contributed by atoms with Crippen molar-refractivity contribution in [2.24, 2.45) is 0 Å². The van der Waals surface area contributed by atoms with Crippen molar-refractivity contribution in [1.82, 2.24) is 9.80 Å². The SMILES string of the molecule is O=C(/C=C/CN1CCOCC1)N1CC[C@@]2(CCCO2)[C@@H](OCc2ccccc2)C1. The number of piperidine rings is 1. The van der Waals surface area contributed by atoms with Gasteiger partial charge >= 0.3 is 0 Å². The number of benzene rings is 1. The molecule has 3 heterocycles. The number of hydrogen-bond acceptors (Lipinski definition) is 5. The van der Waals surface area contributed by atoms with E-state index in [0.29, 0.717) is 13.2 Å². The second-order valence-corrected chi connectivity index (χ2v) is 8.15. The Hall–Kier alpha value is -1.73. The molecule has 1 spiro atoms. The lowest BCUT2D eigenvalue weighted by Crippen LogP contribution is -2.57. The van der Waals surface area contributed by atoms with Crippen LogP contribution in [0, 0.1) is 0 Å². The van der Waals surface area contributed by atoms with Crippen molar-refractivity contribution < 1.29 is 19.0 Å². The molecule has 0 saturated carbocycles. The summed E-state index contributed by atoms with van der Waals surface area (Å²) in [6.45, 7) is 6.86. The minimum atomic E-state index is -0.233. The molecule has 29 heavy (non-hydrogen) atoms. The van der Waals surface area contributed by atoms with Crippen LogP contribution in [0.15, 0.2) is 42.5 Å². The number of nitrogens with zero attached hydrogens (tertiary/aromatic N) is 2. The number of amides is 1. The second kappa shape index (κ2) is 9.85. The average molecular weight is 401 g/mol. The van der Waals surface area contributed by atoms with Crippen LogP contribution in [0.4, 0.5) is 0 Å². The zero-order valence-corrected chi connectivity index (χ0v) is 17.1. The van der Waals surface area contributed by atoms with Crippen LogP contribution in [-0.4, -0.2) is 80.0 Å². The van der Waals surface area contributed by atoms with E-state index < -0.39 is 0 Å². The quantitative estimate of drug-likeness (QED) is 0.686. The predicted molar refractivity (Wildman–Crippen MR) is 111 cm³/mol. The first-order valence-electron chi connectivity index (χ1n) is 10.8. The number of hydrogen-bond donors (Lipinski definition) is 0. The Kier molecular flexibility index (Phi) is 6.98. The van der Waals surface area contributed by atoms with Crippen molar-refractivity contribution in [1.29, 1.82) is 0 Å². The highest BCUT2D eigenvalue weighted by atomic mass is 16.6. The summed E-state index contributed by atoms with van der Waals surface area (Å²) in [6.07, 6.45) is 6.53. The number of carbonyl (C=O) groups is 1. The van der Waals surface area contributed by atoms with Gasteiger partial charge in [-0.15, -0.1) is 0 Å². The van der Waals surface area contributed by atoms with Gasteiger partial charge in [0, 0.05) is 45.4 Å². The number of likely N-dealkylation sites (tertiary alicyclic amines) is 1. The molecule has 3 fully saturated rings. The summed E-state index contributed by atoms with van der Waals surface area (Å²) in [6, 6.07) is 10.2. The van der Waals surface area contributed by atoms with Crippen LogP contribution in [0.5, 0.6) is 0 Å². The molecule has 1 aromatic rings. The third-order valence-electron chi connectivity index (χ3n) is 6.25. The number of rotatable bonds is 6. The van der Waals surface area contributed by atoms with E-state index in [4.69, 9.17) is 14.2 Å². The fraction of sp³-hybridized carbons (Fsp3) is 0.609. The first-order chi connectivity index (χ1) is 14.3. The van der Waals surface area contributed by atoms with Gasteiger partial charge in [0.1, 0.15) is 6.10 Å². The third kappa shape index (κ3) is 5.25. The lowest BCUT2D eigenvalue weighted by molar-refractivity contribution is -0.165. The van der Waals surface area contributed by atoms with Gasteiger partial charge in [0.15, 0.2) is 0 Å². The summed E-state index contributed by atoms with van der Waals surface area (Å²) in [5, 5.41) is 0. The Morgan fingerprint density at radius 3 is 2.72 bits per heavy atom. The Bertz CT molecular complexity index is 681. The van der Waals surface area contributed by atoms with E-state index >= 15 is 0 Å². The molecule has 6 heteroatoms. The molecule has 0 aliphatic carbocycles. The smallest absolute Gasteiger partial charge is 0.246 e. The molecular formula is C23H32N2O4. The second-order valence-electron chi connectivity index (χ2n) is 8.15. The van der Waals surface area contributed by atoms with Crippen LogP contribution in [0.2, 0.25) is 0 Å². The van der Waals surface area contributed by atoms with Crippen molar-refractivity contribution in [3.63, 3.8) is 0 Å². The molecule has 0 unspecified atom stereocenters. The van der Waals surface area contributed by atoms with Gasteiger partial charge in [-0.2, -0.15) is 0 Å². The molecule has 1 amide bonds. The van der Waals surface area contributed by atoms with Gasteiger partial charge in [0.2, 0.25) is 5.91 Å². The Labute approximate surface area is 173 Å². The van der Waals surface area contributed by atoms with Crippen molar-refractivity contribution in [2.45, 2.75) is 37.6 Å². The molecule has 3 aliphatic heterocycles. The minimum absolute atomic E-state index is 0.0689. The molecule has 2 atom stereocenters. The topological polar surface area (TPSA) is 51.2 Å². The van der Waals surface area contributed by atoms with Crippen LogP contribution in [0.1, 0.15) is 24.8 Å². The van der Waals surface area contributed by atoms with Gasteiger partial charge in [-0.1, -0.05) is 36.4 Å². The summed E-state index contributed by atoms with van der Waals surface area (Å²) >= 11 is 0. The number of carbonyl (C=O) groups excluding carboxylic acids is 1. The van der Waals surface area contributed by atoms with Crippen LogP contribution in [0.25, 0.3) is 0 Å². The Balaban J connectivity index is 1.34. The summed E-state index contributed by atoms with van der Waals surface area (Å²) in [4.78, 5) is 17.0. The lowest BCUT2D eigenvalue weighted by Gasteiger charge is -2.44. The van der Waals surface area contributed by atoms with Crippen LogP contribution in [-0.2, 0) is 25.6 Å². The highest BCUT2D eigenvalue weighted by Crippen LogP contribution is 2.38. The molecule has 158 valence electrons. The van der Waals surface area contributed by atoms with Crippen molar-refractivity contribution >= 4 is 5.91 Å². The summed E-state index contributed by atoms with van der Waals surface area (Å²) in [5.74, 6) is 0.0689. The van der Waals surface area contributed by atoms with Gasteiger partial charge in [-0.05, 0) is 24.8 Å². The van der Waals surface area contributed by atoms with Crippen molar-refractivity contribution in [3.8, 4) is 0 Å². The molecule has 3 saturated heterocycles. The van der Waals surface area contributed by atoms with Crippen molar-refractivity contribution in [3.05, 3.63) is 48.0 Å². The highest BCUT2D eigenvalue weighted by molar-refractivity contribution is 5.87. The summed E-state index contributed by atoms with van der Waals surface area (Å²) in [7, 11) is 0. The first-order valence-corrected chi connectivity index (χ1v) is 10.8. The normalized spacial score (nSPS) is 28.4. The molecule has 0 N–H and O–H groups in total. The zero-order valence-electron chi connectivity index (χ0n) is 17.1. The van der Waals surface area contributed by atoms with Crippen LogP contribution in [0.3, 0.4) is 0 Å². The number of morpholine rings is 1. The fourth-order valence-corrected chi connectivity index (χ4v) is 4.48. The lowest BCUT2D eigenvalue weighted by atomic mass is 9.85. The zero-order chi connectivity index (χ0) is 19.9. The molecule has 0 aromatic heterocycles. The fourth-order valence-electron chi connectivity index (χ4n) is 4.48. The van der Waals surface area contributed by atoms with Crippen LogP contribution >= 0.6 is 0 Å². The molecule has 6 nitrogen and oxygen atoms in total. The predicted octanol–water partition coefficient (Wildman–Crippen LogP) is 2.24. The van der Waals surface area contributed by atoms with E-state index in [9.17, 15) is 4.79 Å². The maximum atomic E-state index is 12.8. The van der Waals surface area contributed by atoms with E-state index in [2.05, 4.69) is 17.0 Å². The summed E-state index contributed by atoms with van der Waals surface area (Å²) in [5.41, 5.74) is 0.915. The molecule has 4 rings (SSSR count). The molecule has 0 radical (unpaired) electrons. The molecule has 3 aliphatic rings. The molecule has 1 aromatic carbocycles. The van der Waals surface area contributed by atoms with E-state index in [-0.39, 0.29) is 17.6 Å². The maximum absolute atomic E-state index is 12.8. The average Bonchev–Trinajstić information content (AvgIpc) is 3.24.